The second-order valence-electron chi connectivity index (χ2n) is 4.56. The van der Waals surface area contributed by atoms with E-state index < -0.39 is 5.97 Å². The lowest BCUT2D eigenvalue weighted by Gasteiger charge is -2.32. The summed E-state index contributed by atoms with van der Waals surface area (Å²) in [6, 6.07) is -0.156. The van der Waals surface area contributed by atoms with Crippen molar-refractivity contribution in [1.82, 2.24) is 10.2 Å². The molecule has 6 heteroatoms. The van der Waals surface area contributed by atoms with Gasteiger partial charge in [-0.05, 0) is 25.2 Å². The van der Waals surface area contributed by atoms with Crippen molar-refractivity contribution in [2.75, 3.05) is 19.6 Å². The van der Waals surface area contributed by atoms with E-state index >= 15 is 0 Å². The number of carboxylic acids is 1. The number of piperidine rings is 1. The second-order valence-corrected chi connectivity index (χ2v) is 5.10. The van der Waals surface area contributed by atoms with Crippen molar-refractivity contribution in [3.63, 3.8) is 0 Å². The Morgan fingerprint density at radius 1 is 1.50 bits per heavy atom. The molecule has 0 aromatic carbocycles. The third-order valence-electron chi connectivity index (χ3n) is 3.00. The van der Waals surface area contributed by atoms with E-state index in [1.807, 2.05) is 0 Å². The van der Waals surface area contributed by atoms with Crippen molar-refractivity contribution in [2.24, 2.45) is 5.92 Å². The van der Waals surface area contributed by atoms with Crippen LogP contribution in [0, 0.1) is 5.92 Å². The molecule has 1 atom stereocenters. The van der Waals surface area contributed by atoms with Crippen molar-refractivity contribution < 1.29 is 14.7 Å². The van der Waals surface area contributed by atoms with Gasteiger partial charge < -0.3 is 15.3 Å². The maximum Gasteiger partial charge on any atom is 0.317 e. The number of nitrogens with one attached hydrogen (secondary N) is 1. The van der Waals surface area contributed by atoms with Gasteiger partial charge in [-0.1, -0.05) is 18.2 Å². The third kappa shape index (κ3) is 5.40. The van der Waals surface area contributed by atoms with Crippen LogP contribution >= 0.6 is 11.6 Å². The number of halogens is 1. The number of carbonyl (C=O) groups is 2. The SMILES string of the molecule is C=C(Cl)CNC(=O)N1CCCC(CCC(=O)O)C1. The van der Waals surface area contributed by atoms with Gasteiger partial charge in [0, 0.05) is 24.5 Å². The zero-order chi connectivity index (χ0) is 13.5. The highest BCUT2D eigenvalue weighted by Gasteiger charge is 2.23. The Balaban J connectivity index is 2.35. The van der Waals surface area contributed by atoms with Gasteiger partial charge in [-0.15, -0.1) is 0 Å². The van der Waals surface area contributed by atoms with Gasteiger partial charge in [-0.25, -0.2) is 4.79 Å². The summed E-state index contributed by atoms with van der Waals surface area (Å²) in [6.07, 6.45) is 2.69. The lowest BCUT2D eigenvalue weighted by atomic mass is 9.93. The maximum atomic E-state index is 11.8. The van der Waals surface area contributed by atoms with Crippen LogP contribution in [0.25, 0.3) is 0 Å². The molecule has 1 rings (SSSR count). The molecule has 1 heterocycles. The topological polar surface area (TPSA) is 69.6 Å². The van der Waals surface area contributed by atoms with Crippen LogP contribution in [-0.4, -0.2) is 41.6 Å². The molecule has 0 aliphatic carbocycles. The van der Waals surface area contributed by atoms with Gasteiger partial charge in [-0.2, -0.15) is 0 Å². The molecule has 1 aliphatic rings. The summed E-state index contributed by atoms with van der Waals surface area (Å²) in [7, 11) is 0. The number of amides is 2. The molecule has 0 radical (unpaired) electrons. The molecule has 5 nitrogen and oxygen atoms in total. The van der Waals surface area contributed by atoms with Gasteiger partial charge in [0.25, 0.3) is 0 Å². The molecule has 1 fully saturated rings. The van der Waals surface area contributed by atoms with Crippen LogP contribution in [0.15, 0.2) is 11.6 Å². The predicted molar refractivity (Wildman–Crippen MR) is 69.6 cm³/mol. The minimum absolute atomic E-state index is 0.156. The molecule has 18 heavy (non-hydrogen) atoms. The first-order valence-electron chi connectivity index (χ1n) is 6.07. The van der Waals surface area contributed by atoms with Crippen LogP contribution in [0.1, 0.15) is 25.7 Å². The highest BCUT2D eigenvalue weighted by atomic mass is 35.5. The highest BCUT2D eigenvalue weighted by Crippen LogP contribution is 2.20. The Labute approximate surface area is 112 Å². The normalized spacial score (nSPS) is 19.4. The van der Waals surface area contributed by atoms with Gasteiger partial charge in [0.05, 0.1) is 6.54 Å². The molecule has 0 spiro atoms. The standard InChI is InChI=1S/C12H19ClN2O3/c1-9(13)7-14-12(18)15-6-2-3-10(8-15)4-5-11(16)17/h10H,1-8H2,(H,14,18)(H,16,17). The number of hydrogen-bond donors (Lipinski definition) is 2. The van der Waals surface area contributed by atoms with E-state index in [2.05, 4.69) is 11.9 Å². The van der Waals surface area contributed by atoms with Crippen molar-refractivity contribution in [2.45, 2.75) is 25.7 Å². The quantitative estimate of drug-likeness (QED) is 0.806. The Bertz CT molecular complexity index is 333. The van der Waals surface area contributed by atoms with Crippen molar-refractivity contribution in [3.05, 3.63) is 11.6 Å². The number of carbonyl (C=O) groups excluding carboxylic acids is 1. The number of aliphatic carboxylic acids is 1. The lowest BCUT2D eigenvalue weighted by Crippen LogP contribution is -2.45. The maximum absolute atomic E-state index is 11.8. The van der Waals surface area contributed by atoms with Gasteiger partial charge in [-0.3, -0.25) is 4.79 Å². The number of nitrogens with zero attached hydrogens (tertiary/aromatic N) is 1. The van der Waals surface area contributed by atoms with E-state index in [0.29, 0.717) is 24.5 Å². The Morgan fingerprint density at radius 3 is 2.83 bits per heavy atom. The fourth-order valence-corrected chi connectivity index (χ4v) is 2.16. The van der Waals surface area contributed by atoms with E-state index in [4.69, 9.17) is 16.7 Å². The first kappa shape index (κ1) is 14.8. The molecule has 0 saturated carbocycles. The molecule has 2 amide bonds. The van der Waals surface area contributed by atoms with Crippen LogP contribution in [0.5, 0.6) is 0 Å². The van der Waals surface area contributed by atoms with E-state index in [9.17, 15) is 9.59 Å². The summed E-state index contributed by atoms with van der Waals surface area (Å²) in [5.74, 6) is -0.505. The number of rotatable bonds is 5. The molecular weight excluding hydrogens is 256 g/mol. The largest absolute Gasteiger partial charge is 0.481 e. The number of likely N-dealkylation sites (tertiary alicyclic amines) is 1. The molecule has 102 valence electrons. The molecule has 1 aliphatic heterocycles. The van der Waals surface area contributed by atoms with E-state index in [1.54, 1.807) is 4.90 Å². The molecule has 1 unspecified atom stereocenters. The first-order valence-corrected chi connectivity index (χ1v) is 6.44. The van der Waals surface area contributed by atoms with Gasteiger partial charge in [0.1, 0.15) is 0 Å². The summed E-state index contributed by atoms with van der Waals surface area (Å²) in [6.45, 7) is 5.09. The molecule has 0 aromatic rings. The van der Waals surface area contributed by atoms with Gasteiger partial charge in [0.15, 0.2) is 0 Å². The summed E-state index contributed by atoms with van der Waals surface area (Å²) in [5.41, 5.74) is 0. The summed E-state index contributed by atoms with van der Waals surface area (Å²) in [4.78, 5) is 24.0. The average Bonchev–Trinajstić information content (AvgIpc) is 2.33. The van der Waals surface area contributed by atoms with E-state index in [0.717, 1.165) is 12.8 Å². The van der Waals surface area contributed by atoms with Crippen LogP contribution in [0.2, 0.25) is 0 Å². The Hall–Kier alpha value is -1.23. The van der Waals surface area contributed by atoms with Crippen LogP contribution < -0.4 is 5.32 Å². The third-order valence-corrected chi connectivity index (χ3v) is 3.14. The van der Waals surface area contributed by atoms with Crippen molar-refractivity contribution >= 4 is 23.6 Å². The summed E-state index contributed by atoms with van der Waals surface area (Å²) >= 11 is 5.58. The fourth-order valence-electron chi connectivity index (χ4n) is 2.10. The Kier molecular flexibility index (Phi) is 5.98. The van der Waals surface area contributed by atoms with E-state index in [1.165, 1.54) is 0 Å². The second kappa shape index (κ2) is 7.26. The lowest BCUT2D eigenvalue weighted by molar-refractivity contribution is -0.137. The summed E-state index contributed by atoms with van der Waals surface area (Å²) < 4.78 is 0. The molecular formula is C12H19ClN2O3. The number of urea groups is 1. The van der Waals surface area contributed by atoms with Gasteiger partial charge in [0.2, 0.25) is 0 Å². The first-order chi connectivity index (χ1) is 8.49. The zero-order valence-electron chi connectivity index (χ0n) is 10.3. The van der Waals surface area contributed by atoms with Gasteiger partial charge >= 0.3 is 12.0 Å². The molecule has 2 N–H and O–H groups in total. The van der Waals surface area contributed by atoms with Crippen LogP contribution in [0.4, 0.5) is 4.79 Å². The van der Waals surface area contributed by atoms with Crippen LogP contribution in [0.3, 0.4) is 0 Å². The molecule has 0 aromatic heterocycles. The summed E-state index contributed by atoms with van der Waals surface area (Å²) in [5, 5.41) is 11.7. The minimum Gasteiger partial charge on any atom is -0.481 e. The number of hydrogen-bond acceptors (Lipinski definition) is 2. The monoisotopic (exact) mass is 274 g/mol. The van der Waals surface area contributed by atoms with E-state index in [-0.39, 0.29) is 24.9 Å². The minimum atomic E-state index is -0.782. The van der Waals surface area contributed by atoms with Crippen molar-refractivity contribution in [1.29, 1.82) is 0 Å². The van der Waals surface area contributed by atoms with Crippen molar-refractivity contribution in [3.8, 4) is 0 Å². The van der Waals surface area contributed by atoms with Crippen LogP contribution in [-0.2, 0) is 4.79 Å². The molecule has 0 bridgehead atoms. The average molecular weight is 275 g/mol. The fraction of sp³-hybridized carbons (Fsp3) is 0.667. The Morgan fingerprint density at radius 2 is 2.22 bits per heavy atom. The number of carboxylic acid groups (broad SMARTS) is 1. The smallest absolute Gasteiger partial charge is 0.317 e. The zero-order valence-corrected chi connectivity index (χ0v) is 11.1. The highest BCUT2D eigenvalue weighted by molar-refractivity contribution is 6.29. The predicted octanol–water partition coefficient (Wildman–Crippen LogP) is 2.03. The molecule has 1 saturated heterocycles.